The Bertz CT molecular complexity index is 1230. The first-order valence-electron chi connectivity index (χ1n) is 11.3. The van der Waals surface area contributed by atoms with Gasteiger partial charge in [-0.15, -0.1) is 0 Å². The second-order valence-electron chi connectivity index (χ2n) is 9.48. The summed E-state index contributed by atoms with van der Waals surface area (Å²) in [5.74, 6) is 0.757. The highest BCUT2D eigenvalue weighted by molar-refractivity contribution is 5.89. The first-order valence-corrected chi connectivity index (χ1v) is 11.3. The molecule has 0 aliphatic heterocycles. The fraction of sp³-hybridized carbons (Fsp3) is 0.333. The van der Waals surface area contributed by atoms with E-state index < -0.39 is 11.9 Å². The summed E-state index contributed by atoms with van der Waals surface area (Å²) in [6.07, 6.45) is 9.51. The van der Waals surface area contributed by atoms with Crippen molar-refractivity contribution in [2.24, 2.45) is 5.41 Å². The molecule has 0 bridgehead atoms. The Morgan fingerprint density at radius 2 is 1.76 bits per heavy atom. The average Bonchev–Trinajstić information content (AvgIpc) is 2.83. The largest absolute Gasteiger partial charge is 0.512 e. The summed E-state index contributed by atoms with van der Waals surface area (Å²) in [5.41, 5.74) is 2.63. The number of methoxy groups -OCH3 is 1. The maximum atomic E-state index is 11.8. The third kappa shape index (κ3) is 4.78. The second-order valence-corrected chi connectivity index (χ2v) is 9.48. The molecule has 1 heterocycles. The summed E-state index contributed by atoms with van der Waals surface area (Å²) in [6, 6.07) is 6.79. The molecule has 1 unspecified atom stereocenters. The molecule has 1 aromatic heterocycles. The molecule has 7 nitrogen and oxygen atoms in total. The molecule has 1 atom stereocenters. The normalized spacial score (nSPS) is 18.4. The van der Waals surface area contributed by atoms with Crippen molar-refractivity contribution >= 4 is 11.5 Å². The lowest BCUT2D eigenvalue weighted by Gasteiger charge is -2.26. The molecule has 0 radical (unpaired) electrons. The molecule has 0 spiro atoms. The number of aliphatic hydroxyl groups excluding tert-OH is 2. The van der Waals surface area contributed by atoms with E-state index in [2.05, 4.69) is 41.8 Å². The molecule has 1 aromatic carbocycles. The van der Waals surface area contributed by atoms with E-state index in [0.29, 0.717) is 47.0 Å². The molecule has 2 aliphatic carbocycles. The SMILES string of the molecule is COC(=O)c1ccc(-c2nc(C3=C(O)CCC=C3)nc(C3CC=C(C(C)(C)C)C=C3O)n2)cc1. The number of benzene rings is 1. The van der Waals surface area contributed by atoms with Gasteiger partial charge in [0.25, 0.3) is 0 Å². The van der Waals surface area contributed by atoms with E-state index in [-0.39, 0.29) is 16.9 Å². The molecule has 34 heavy (non-hydrogen) atoms. The van der Waals surface area contributed by atoms with Crippen molar-refractivity contribution in [1.82, 2.24) is 15.0 Å². The Morgan fingerprint density at radius 3 is 2.38 bits per heavy atom. The molecule has 2 aliphatic rings. The fourth-order valence-electron chi connectivity index (χ4n) is 3.97. The molecule has 7 heteroatoms. The molecular formula is C27H29N3O4. The molecule has 2 aromatic rings. The summed E-state index contributed by atoms with van der Waals surface area (Å²) in [6.45, 7) is 6.31. The zero-order chi connectivity index (χ0) is 24.5. The zero-order valence-electron chi connectivity index (χ0n) is 19.9. The van der Waals surface area contributed by atoms with Gasteiger partial charge in [0.05, 0.1) is 24.2 Å². The molecule has 176 valence electrons. The van der Waals surface area contributed by atoms with Crippen LogP contribution in [0.2, 0.25) is 0 Å². The number of nitrogens with zero attached hydrogens (tertiary/aromatic N) is 3. The minimum absolute atomic E-state index is 0.0841. The summed E-state index contributed by atoms with van der Waals surface area (Å²) < 4.78 is 4.77. The van der Waals surface area contributed by atoms with E-state index in [4.69, 9.17) is 4.74 Å². The number of hydrogen-bond donors (Lipinski definition) is 2. The van der Waals surface area contributed by atoms with Gasteiger partial charge in [0.1, 0.15) is 17.3 Å². The van der Waals surface area contributed by atoms with Crippen molar-refractivity contribution in [1.29, 1.82) is 0 Å². The number of rotatable bonds is 4. The van der Waals surface area contributed by atoms with Crippen molar-refractivity contribution in [3.8, 4) is 11.4 Å². The van der Waals surface area contributed by atoms with Crippen molar-refractivity contribution in [2.45, 2.75) is 46.0 Å². The number of carbonyl (C=O) groups excluding carboxylic acids is 1. The van der Waals surface area contributed by atoms with Crippen LogP contribution in [0.15, 0.2) is 65.7 Å². The van der Waals surface area contributed by atoms with Gasteiger partial charge in [-0.2, -0.15) is 0 Å². The lowest BCUT2D eigenvalue weighted by atomic mass is 9.80. The van der Waals surface area contributed by atoms with Crippen LogP contribution in [0.5, 0.6) is 0 Å². The number of ether oxygens (including phenoxy) is 1. The van der Waals surface area contributed by atoms with Gasteiger partial charge in [-0.05, 0) is 42.0 Å². The standard InChI is InChI=1S/C27H29N3O4/c1-27(2,3)18-13-14-20(22(32)15-18)25-29-23(16-9-11-17(12-10-16)26(33)34-4)28-24(30-25)19-7-5-6-8-21(19)31/h5,7,9-13,15,20,31-32H,6,8,14H2,1-4H3. The third-order valence-corrected chi connectivity index (χ3v) is 6.01. The van der Waals surface area contributed by atoms with Gasteiger partial charge in [0.15, 0.2) is 11.6 Å². The molecular weight excluding hydrogens is 430 g/mol. The Balaban J connectivity index is 1.79. The quantitative estimate of drug-likeness (QED) is 0.553. The molecule has 0 fully saturated rings. The molecule has 0 saturated carbocycles. The Labute approximate surface area is 199 Å². The monoisotopic (exact) mass is 459 g/mol. The second kappa shape index (κ2) is 9.25. The Hall–Kier alpha value is -3.74. The van der Waals surface area contributed by atoms with Gasteiger partial charge in [-0.3, -0.25) is 0 Å². The van der Waals surface area contributed by atoms with Crippen LogP contribution in [0, 0.1) is 5.41 Å². The predicted molar refractivity (Wildman–Crippen MR) is 130 cm³/mol. The number of esters is 1. The zero-order valence-corrected chi connectivity index (χ0v) is 19.9. The first kappa shape index (κ1) is 23.4. The summed E-state index contributed by atoms with van der Waals surface area (Å²) in [7, 11) is 1.34. The Kier molecular flexibility index (Phi) is 6.37. The maximum Gasteiger partial charge on any atom is 0.337 e. The van der Waals surface area contributed by atoms with Gasteiger partial charge in [0.2, 0.25) is 0 Å². The first-order chi connectivity index (χ1) is 16.2. The van der Waals surface area contributed by atoms with Crippen molar-refractivity contribution in [3.63, 3.8) is 0 Å². The molecule has 4 rings (SSSR count). The summed E-state index contributed by atoms with van der Waals surface area (Å²) in [5, 5.41) is 21.4. The predicted octanol–water partition coefficient (Wildman–Crippen LogP) is 5.85. The van der Waals surface area contributed by atoms with Crippen LogP contribution in [0.4, 0.5) is 0 Å². The fourth-order valence-corrected chi connectivity index (χ4v) is 3.97. The van der Waals surface area contributed by atoms with E-state index in [1.807, 2.05) is 12.2 Å². The van der Waals surface area contributed by atoms with E-state index in [1.165, 1.54) is 7.11 Å². The Morgan fingerprint density at radius 1 is 1.06 bits per heavy atom. The van der Waals surface area contributed by atoms with Crippen LogP contribution in [0.3, 0.4) is 0 Å². The van der Waals surface area contributed by atoms with E-state index in [9.17, 15) is 15.0 Å². The van der Waals surface area contributed by atoms with Crippen molar-refractivity contribution in [3.05, 3.63) is 82.9 Å². The van der Waals surface area contributed by atoms with Gasteiger partial charge in [-0.25, -0.2) is 19.7 Å². The lowest BCUT2D eigenvalue weighted by Crippen LogP contribution is -2.17. The van der Waals surface area contributed by atoms with Crippen LogP contribution in [0.1, 0.15) is 68.0 Å². The highest BCUT2D eigenvalue weighted by atomic mass is 16.5. The minimum atomic E-state index is -0.426. The van der Waals surface area contributed by atoms with Gasteiger partial charge >= 0.3 is 5.97 Å². The van der Waals surface area contributed by atoms with Crippen LogP contribution in [0.25, 0.3) is 17.0 Å². The molecule has 2 N–H and O–H groups in total. The third-order valence-electron chi connectivity index (χ3n) is 6.01. The van der Waals surface area contributed by atoms with E-state index in [0.717, 1.165) is 12.0 Å². The van der Waals surface area contributed by atoms with Gasteiger partial charge in [0, 0.05) is 12.0 Å². The maximum absolute atomic E-state index is 11.8. The lowest BCUT2D eigenvalue weighted by molar-refractivity contribution is 0.0600. The number of carbonyl (C=O) groups is 1. The number of hydrogen-bond acceptors (Lipinski definition) is 7. The number of aromatic nitrogens is 3. The smallest absolute Gasteiger partial charge is 0.337 e. The van der Waals surface area contributed by atoms with Crippen LogP contribution < -0.4 is 0 Å². The van der Waals surface area contributed by atoms with Crippen molar-refractivity contribution in [2.75, 3.05) is 7.11 Å². The number of allylic oxidation sites excluding steroid dienone is 8. The minimum Gasteiger partial charge on any atom is -0.512 e. The van der Waals surface area contributed by atoms with Gasteiger partial charge < -0.3 is 14.9 Å². The van der Waals surface area contributed by atoms with Crippen molar-refractivity contribution < 1.29 is 19.7 Å². The topological polar surface area (TPSA) is 105 Å². The molecule has 0 saturated heterocycles. The highest BCUT2D eigenvalue weighted by Gasteiger charge is 2.28. The summed E-state index contributed by atoms with van der Waals surface area (Å²) in [4.78, 5) is 25.8. The highest BCUT2D eigenvalue weighted by Crippen LogP contribution is 2.37. The van der Waals surface area contributed by atoms with E-state index >= 15 is 0 Å². The van der Waals surface area contributed by atoms with E-state index in [1.54, 1.807) is 30.3 Å². The van der Waals surface area contributed by atoms with Gasteiger partial charge in [-0.1, -0.05) is 51.1 Å². The van der Waals surface area contributed by atoms with Crippen LogP contribution >= 0.6 is 0 Å². The molecule has 0 amide bonds. The summed E-state index contributed by atoms with van der Waals surface area (Å²) >= 11 is 0. The van der Waals surface area contributed by atoms with Crippen LogP contribution in [-0.4, -0.2) is 38.2 Å². The van der Waals surface area contributed by atoms with Crippen LogP contribution in [-0.2, 0) is 4.74 Å². The number of aliphatic hydroxyl groups is 2. The average molecular weight is 460 g/mol.